The number of para-hydroxylation sites is 1. The number of rotatable bonds is 5. The summed E-state index contributed by atoms with van der Waals surface area (Å²) in [7, 11) is -1.62. The number of methoxy groups -OCH3 is 1. The molecule has 134 valence electrons. The van der Waals surface area contributed by atoms with Crippen molar-refractivity contribution in [3.05, 3.63) is 52.4 Å². The second kappa shape index (κ2) is 7.21. The smallest absolute Gasteiger partial charge is 0.258 e. The van der Waals surface area contributed by atoms with Crippen molar-refractivity contribution in [2.75, 3.05) is 18.6 Å². The zero-order chi connectivity index (χ0) is 18.0. The van der Waals surface area contributed by atoms with Crippen molar-refractivity contribution in [2.45, 2.75) is 19.0 Å². The molecule has 1 aromatic carbocycles. The van der Waals surface area contributed by atoms with Gasteiger partial charge in [-0.25, -0.2) is 8.42 Å². The Labute approximate surface area is 154 Å². The normalized spacial score (nSPS) is 18.9. The largest absolute Gasteiger partial charge is 0.496 e. The zero-order valence-corrected chi connectivity index (χ0v) is 16.0. The van der Waals surface area contributed by atoms with Crippen LogP contribution in [0.1, 0.15) is 22.5 Å². The van der Waals surface area contributed by atoms with Crippen LogP contribution >= 0.6 is 15.9 Å². The molecule has 2 aromatic rings. The van der Waals surface area contributed by atoms with Crippen LogP contribution in [0.25, 0.3) is 0 Å². The molecule has 0 unspecified atom stereocenters. The fourth-order valence-corrected chi connectivity index (χ4v) is 5.04. The number of sulfone groups is 1. The van der Waals surface area contributed by atoms with Gasteiger partial charge < -0.3 is 14.1 Å². The van der Waals surface area contributed by atoms with Gasteiger partial charge in [0.2, 0.25) is 0 Å². The lowest BCUT2D eigenvalue weighted by Crippen LogP contribution is -2.40. The molecule has 6 nitrogen and oxygen atoms in total. The van der Waals surface area contributed by atoms with Gasteiger partial charge in [0.05, 0.1) is 30.7 Å². The summed E-state index contributed by atoms with van der Waals surface area (Å²) in [4.78, 5) is 14.7. The summed E-state index contributed by atoms with van der Waals surface area (Å²) in [5.41, 5.74) is 0.403. The number of hydrogen-bond donors (Lipinski definition) is 0. The van der Waals surface area contributed by atoms with Crippen LogP contribution in [0.4, 0.5) is 0 Å². The first-order valence-corrected chi connectivity index (χ1v) is 10.4. The van der Waals surface area contributed by atoms with E-state index in [0.717, 1.165) is 0 Å². The minimum Gasteiger partial charge on any atom is -0.496 e. The zero-order valence-electron chi connectivity index (χ0n) is 13.6. The highest BCUT2D eigenvalue weighted by Gasteiger charge is 2.36. The first-order chi connectivity index (χ1) is 11.9. The standard InChI is InChI=1S/C17H18BrNO5S/c1-23-15-5-3-2-4-14(15)17(20)19(10-13-6-7-16(18)24-13)12-8-9-25(21,22)11-12/h2-7,12H,8-11H2,1H3/t12-/m0/s1. The summed E-state index contributed by atoms with van der Waals surface area (Å²) in [5.74, 6) is 0.829. The summed E-state index contributed by atoms with van der Waals surface area (Å²) >= 11 is 3.24. The lowest BCUT2D eigenvalue weighted by molar-refractivity contribution is 0.0662. The summed E-state index contributed by atoms with van der Waals surface area (Å²) in [6.07, 6.45) is 0.422. The maximum Gasteiger partial charge on any atom is 0.258 e. The maximum atomic E-state index is 13.1. The Morgan fingerprint density at radius 3 is 2.68 bits per heavy atom. The predicted octanol–water partition coefficient (Wildman–Crippen LogP) is 2.88. The molecule has 8 heteroatoms. The Hall–Kier alpha value is -1.80. The molecule has 0 aliphatic carbocycles. The molecule has 1 aliphatic rings. The molecule has 1 amide bonds. The number of benzene rings is 1. The monoisotopic (exact) mass is 427 g/mol. The van der Waals surface area contributed by atoms with Gasteiger partial charge in [-0.15, -0.1) is 0 Å². The van der Waals surface area contributed by atoms with Gasteiger partial charge >= 0.3 is 0 Å². The molecule has 25 heavy (non-hydrogen) atoms. The fraction of sp³-hybridized carbons (Fsp3) is 0.353. The molecule has 1 aliphatic heterocycles. The Balaban J connectivity index is 1.94. The van der Waals surface area contributed by atoms with Crippen molar-refractivity contribution in [2.24, 2.45) is 0 Å². The lowest BCUT2D eigenvalue weighted by atomic mass is 10.1. The maximum absolute atomic E-state index is 13.1. The number of nitrogens with zero attached hydrogens (tertiary/aromatic N) is 1. The number of furan rings is 1. The van der Waals surface area contributed by atoms with Gasteiger partial charge in [-0.3, -0.25) is 4.79 Å². The molecular formula is C17H18BrNO5S. The van der Waals surface area contributed by atoms with E-state index in [1.807, 2.05) is 0 Å². The van der Waals surface area contributed by atoms with Crippen molar-refractivity contribution < 1.29 is 22.4 Å². The minimum absolute atomic E-state index is 0.0320. The van der Waals surface area contributed by atoms with Gasteiger partial charge in [0.15, 0.2) is 14.5 Å². The van der Waals surface area contributed by atoms with Gasteiger partial charge in [0.1, 0.15) is 11.5 Å². The second-order valence-corrected chi connectivity index (χ2v) is 8.91. The van der Waals surface area contributed by atoms with E-state index in [4.69, 9.17) is 9.15 Å². The van der Waals surface area contributed by atoms with Gasteiger partial charge in [0.25, 0.3) is 5.91 Å². The second-order valence-electron chi connectivity index (χ2n) is 5.90. The fourth-order valence-electron chi connectivity index (χ4n) is 2.97. The Morgan fingerprint density at radius 1 is 1.32 bits per heavy atom. The Bertz CT molecular complexity index is 877. The van der Waals surface area contributed by atoms with E-state index in [0.29, 0.717) is 28.2 Å². The first kappa shape index (κ1) is 18.0. The molecule has 0 radical (unpaired) electrons. The van der Waals surface area contributed by atoms with Crippen molar-refractivity contribution in [3.63, 3.8) is 0 Å². The van der Waals surface area contributed by atoms with Gasteiger partial charge in [-0.05, 0) is 46.6 Å². The topological polar surface area (TPSA) is 76.8 Å². The Morgan fingerprint density at radius 2 is 2.08 bits per heavy atom. The summed E-state index contributed by atoms with van der Waals surface area (Å²) in [6, 6.07) is 10.0. The highest BCUT2D eigenvalue weighted by Crippen LogP contribution is 2.27. The van der Waals surface area contributed by atoms with E-state index in [9.17, 15) is 13.2 Å². The first-order valence-electron chi connectivity index (χ1n) is 7.78. The number of halogens is 1. The number of ether oxygens (including phenoxy) is 1. The third-order valence-corrected chi connectivity index (χ3v) is 6.38. The van der Waals surface area contributed by atoms with E-state index in [1.165, 1.54) is 7.11 Å². The predicted molar refractivity (Wildman–Crippen MR) is 96.3 cm³/mol. The molecule has 1 aromatic heterocycles. The summed E-state index contributed by atoms with van der Waals surface area (Å²) in [6.45, 7) is 0.197. The number of carbonyl (C=O) groups is 1. The summed E-state index contributed by atoms with van der Waals surface area (Å²) < 4.78 is 35.1. The highest BCUT2D eigenvalue weighted by molar-refractivity contribution is 9.10. The molecule has 0 bridgehead atoms. The molecule has 0 N–H and O–H groups in total. The third-order valence-electron chi connectivity index (χ3n) is 4.20. The SMILES string of the molecule is COc1ccccc1C(=O)N(Cc1ccc(Br)o1)[C@H]1CCS(=O)(=O)C1. The highest BCUT2D eigenvalue weighted by atomic mass is 79.9. The van der Waals surface area contributed by atoms with Crippen molar-refractivity contribution in [3.8, 4) is 5.75 Å². The van der Waals surface area contributed by atoms with E-state index in [-0.39, 0.29) is 30.0 Å². The van der Waals surface area contributed by atoms with Crippen LogP contribution in [0.2, 0.25) is 0 Å². The van der Waals surface area contributed by atoms with Gasteiger partial charge in [0, 0.05) is 6.04 Å². The molecule has 1 saturated heterocycles. The van der Waals surface area contributed by atoms with Crippen LogP contribution in [-0.4, -0.2) is 43.9 Å². The van der Waals surface area contributed by atoms with Gasteiger partial charge in [-0.2, -0.15) is 0 Å². The van der Waals surface area contributed by atoms with Crippen LogP contribution in [0.15, 0.2) is 45.5 Å². The molecule has 3 rings (SSSR count). The van der Waals surface area contributed by atoms with E-state index in [2.05, 4.69) is 15.9 Å². The van der Waals surface area contributed by atoms with Crippen LogP contribution in [-0.2, 0) is 16.4 Å². The third kappa shape index (κ3) is 4.07. The Kier molecular flexibility index (Phi) is 5.19. The average Bonchev–Trinajstić information content (AvgIpc) is 3.16. The summed E-state index contributed by atoms with van der Waals surface area (Å²) in [5, 5.41) is 0. The number of carbonyl (C=O) groups excluding carboxylic acids is 1. The average molecular weight is 428 g/mol. The van der Waals surface area contributed by atoms with E-state index < -0.39 is 9.84 Å². The van der Waals surface area contributed by atoms with Gasteiger partial charge in [-0.1, -0.05) is 12.1 Å². The van der Waals surface area contributed by atoms with E-state index in [1.54, 1.807) is 41.3 Å². The molecule has 0 spiro atoms. The van der Waals surface area contributed by atoms with E-state index >= 15 is 0 Å². The van der Waals surface area contributed by atoms with Crippen molar-refractivity contribution in [1.29, 1.82) is 0 Å². The van der Waals surface area contributed by atoms with Crippen LogP contribution in [0.3, 0.4) is 0 Å². The van der Waals surface area contributed by atoms with Crippen molar-refractivity contribution >= 4 is 31.7 Å². The number of hydrogen-bond acceptors (Lipinski definition) is 5. The molecule has 1 atom stereocenters. The molecular weight excluding hydrogens is 410 g/mol. The van der Waals surface area contributed by atoms with Crippen LogP contribution < -0.4 is 4.74 Å². The minimum atomic E-state index is -3.12. The molecule has 1 fully saturated rings. The lowest BCUT2D eigenvalue weighted by Gasteiger charge is -2.28. The van der Waals surface area contributed by atoms with Crippen molar-refractivity contribution in [1.82, 2.24) is 4.90 Å². The molecule has 2 heterocycles. The molecule has 0 saturated carbocycles. The number of amides is 1. The van der Waals surface area contributed by atoms with Crippen LogP contribution in [0.5, 0.6) is 5.75 Å². The quantitative estimate of drug-likeness (QED) is 0.732. The van der Waals surface area contributed by atoms with Crippen LogP contribution in [0, 0.1) is 0 Å².